The normalized spacial score (nSPS) is 14.1. The maximum absolute atomic E-state index is 10.8. The van der Waals surface area contributed by atoms with Gasteiger partial charge in [0.15, 0.2) is 0 Å². The molecule has 0 radical (unpaired) electrons. The Labute approximate surface area is 119 Å². The number of nitrogens with one attached hydrogen (secondary N) is 1. The van der Waals surface area contributed by atoms with E-state index in [2.05, 4.69) is 5.32 Å². The SMILES string of the molecule is CCNC(CC(=O)O)C(O)c1ccc(OC(C)C)cc1. The van der Waals surface area contributed by atoms with E-state index in [9.17, 15) is 9.90 Å². The zero-order valence-electron chi connectivity index (χ0n) is 12.2. The van der Waals surface area contributed by atoms with E-state index in [4.69, 9.17) is 9.84 Å². The van der Waals surface area contributed by atoms with Crippen molar-refractivity contribution in [2.24, 2.45) is 0 Å². The Bertz CT molecular complexity index is 416. The number of carboxylic acids is 1. The van der Waals surface area contributed by atoms with Crippen molar-refractivity contribution in [2.75, 3.05) is 6.54 Å². The van der Waals surface area contributed by atoms with Crippen molar-refractivity contribution in [1.29, 1.82) is 0 Å². The number of rotatable bonds is 8. The van der Waals surface area contributed by atoms with Gasteiger partial charge in [0.1, 0.15) is 5.75 Å². The molecule has 20 heavy (non-hydrogen) atoms. The highest BCUT2D eigenvalue weighted by atomic mass is 16.5. The standard InChI is InChI=1S/C15H23NO4/c1-4-16-13(9-14(17)18)15(19)11-5-7-12(8-6-11)20-10(2)3/h5-8,10,13,15-16,19H,4,9H2,1-3H3,(H,17,18). The first-order valence-electron chi connectivity index (χ1n) is 6.83. The van der Waals surface area contributed by atoms with E-state index < -0.39 is 18.1 Å². The Hall–Kier alpha value is -1.59. The van der Waals surface area contributed by atoms with Gasteiger partial charge in [-0.05, 0) is 38.1 Å². The quantitative estimate of drug-likeness (QED) is 0.679. The Morgan fingerprint density at radius 1 is 1.30 bits per heavy atom. The topological polar surface area (TPSA) is 78.8 Å². The molecule has 0 aromatic heterocycles. The van der Waals surface area contributed by atoms with Crippen molar-refractivity contribution in [3.05, 3.63) is 29.8 Å². The number of aliphatic hydroxyl groups is 1. The molecule has 1 rings (SSSR count). The van der Waals surface area contributed by atoms with Crippen LogP contribution < -0.4 is 10.1 Å². The minimum Gasteiger partial charge on any atom is -0.491 e. The predicted molar refractivity (Wildman–Crippen MR) is 76.9 cm³/mol. The van der Waals surface area contributed by atoms with E-state index >= 15 is 0 Å². The molecule has 3 N–H and O–H groups in total. The van der Waals surface area contributed by atoms with E-state index in [-0.39, 0.29) is 12.5 Å². The van der Waals surface area contributed by atoms with Crippen LogP contribution in [0.2, 0.25) is 0 Å². The molecule has 0 aliphatic rings. The first-order valence-corrected chi connectivity index (χ1v) is 6.83. The van der Waals surface area contributed by atoms with Crippen molar-refractivity contribution < 1.29 is 19.7 Å². The number of benzene rings is 1. The van der Waals surface area contributed by atoms with Gasteiger partial charge < -0.3 is 20.3 Å². The number of aliphatic carboxylic acids is 1. The van der Waals surface area contributed by atoms with Gasteiger partial charge in [-0.3, -0.25) is 4.79 Å². The van der Waals surface area contributed by atoms with Gasteiger partial charge in [-0.15, -0.1) is 0 Å². The summed E-state index contributed by atoms with van der Waals surface area (Å²) in [5.41, 5.74) is 0.674. The van der Waals surface area contributed by atoms with Crippen LogP contribution in [0, 0.1) is 0 Å². The summed E-state index contributed by atoms with van der Waals surface area (Å²) in [5, 5.41) is 22.1. The molecular weight excluding hydrogens is 258 g/mol. The van der Waals surface area contributed by atoms with E-state index in [1.54, 1.807) is 24.3 Å². The van der Waals surface area contributed by atoms with Crippen molar-refractivity contribution in [2.45, 2.75) is 45.4 Å². The molecule has 5 heteroatoms. The molecule has 0 aliphatic heterocycles. The Kier molecular flexibility index (Phi) is 6.48. The van der Waals surface area contributed by atoms with Crippen LogP contribution >= 0.6 is 0 Å². The fourth-order valence-corrected chi connectivity index (χ4v) is 1.99. The minimum atomic E-state index is -0.935. The molecule has 0 amide bonds. The van der Waals surface area contributed by atoms with Crippen LogP contribution in [0.5, 0.6) is 5.75 Å². The summed E-state index contributed by atoms with van der Waals surface area (Å²) in [5.74, 6) is -0.205. The van der Waals surface area contributed by atoms with Crippen molar-refractivity contribution in [1.82, 2.24) is 5.32 Å². The summed E-state index contributed by atoms with van der Waals surface area (Å²) in [7, 11) is 0. The Morgan fingerprint density at radius 2 is 1.90 bits per heavy atom. The second kappa shape index (κ2) is 7.87. The number of hydrogen-bond donors (Lipinski definition) is 3. The van der Waals surface area contributed by atoms with Crippen molar-refractivity contribution >= 4 is 5.97 Å². The molecule has 0 saturated heterocycles. The molecule has 0 fully saturated rings. The molecular formula is C15H23NO4. The van der Waals surface area contributed by atoms with Gasteiger partial charge in [0.05, 0.1) is 18.6 Å². The highest BCUT2D eigenvalue weighted by Gasteiger charge is 2.22. The lowest BCUT2D eigenvalue weighted by atomic mass is 9.99. The van der Waals surface area contributed by atoms with Gasteiger partial charge in [-0.2, -0.15) is 0 Å². The molecule has 5 nitrogen and oxygen atoms in total. The summed E-state index contributed by atoms with van der Waals surface area (Å²) < 4.78 is 5.53. The summed E-state index contributed by atoms with van der Waals surface area (Å²) in [6, 6.07) is 6.57. The van der Waals surface area contributed by atoms with Crippen LogP contribution in [-0.4, -0.2) is 34.9 Å². The first-order chi connectivity index (χ1) is 9.43. The first kappa shape index (κ1) is 16.5. The molecule has 0 saturated carbocycles. The average molecular weight is 281 g/mol. The lowest BCUT2D eigenvalue weighted by molar-refractivity contribution is -0.138. The van der Waals surface area contributed by atoms with Crippen LogP contribution in [0.3, 0.4) is 0 Å². The number of likely N-dealkylation sites (N-methyl/N-ethyl adjacent to an activating group) is 1. The van der Waals surface area contributed by atoms with Crippen LogP contribution in [-0.2, 0) is 4.79 Å². The third-order valence-electron chi connectivity index (χ3n) is 2.84. The number of hydrogen-bond acceptors (Lipinski definition) is 4. The summed E-state index contributed by atoms with van der Waals surface area (Å²) in [6.07, 6.45) is -0.898. The second-order valence-electron chi connectivity index (χ2n) is 4.94. The fraction of sp³-hybridized carbons (Fsp3) is 0.533. The van der Waals surface area contributed by atoms with E-state index in [1.165, 1.54) is 0 Å². The van der Waals surface area contributed by atoms with Gasteiger partial charge in [0.2, 0.25) is 0 Å². The second-order valence-corrected chi connectivity index (χ2v) is 4.94. The van der Waals surface area contributed by atoms with E-state index in [0.29, 0.717) is 12.1 Å². The summed E-state index contributed by atoms with van der Waals surface area (Å²) in [6.45, 7) is 6.36. The summed E-state index contributed by atoms with van der Waals surface area (Å²) >= 11 is 0. The molecule has 1 aromatic carbocycles. The lowest BCUT2D eigenvalue weighted by Gasteiger charge is -2.23. The van der Waals surface area contributed by atoms with Crippen LogP contribution in [0.4, 0.5) is 0 Å². The molecule has 0 heterocycles. The van der Waals surface area contributed by atoms with Crippen molar-refractivity contribution in [3.8, 4) is 5.75 Å². The largest absolute Gasteiger partial charge is 0.491 e. The third kappa shape index (κ3) is 5.19. The number of ether oxygens (including phenoxy) is 1. The number of aliphatic hydroxyl groups excluding tert-OH is 1. The maximum Gasteiger partial charge on any atom is 0.305 e. The monoisotopic (exact) mass is 281 g/mol. The van der Waals surface area contributed by atoms with Crippen molar-refractivity contribution in [3.63, 3.8) is 0 Å². The minimum absolute atomic E-state index is 0.0901. The third-order valence-corrected chi connectivity index (χ3v) is 2.84. The molecule has 0 aliphatic carbocycles. The van der Waals surface area contributed by atoms with E-state index in [1.807, 2.05) is 20.8 Å². The smallest absolute Gasteiger partial charge is 0.305 e. The fourth-order valence-electron chi connectivity index (χ4n) is 1.99. The zero-order chi connectivity index (χ0) is 15.1. The Balaban J connectivity index is 2.77. The van der Waals surface area contributed by atoms with Gasteiger partial charge >= 0.3 is 5.97 Å². The zero-order valence-corrected chi connectivity index (χ0v) is 12.2. The lowest BCUT2D eigenvalue weighted by Crippen LogP contribution is -2.36. The Morgan fingerprint density at radius 3 is 2.35 bits per heavy atom. The van der Waals surface area contributed by atoms with Gasteiger partial charge in [-0.25, -0.2) is 0 Å². The molecule has 112 valence electrons. The summed E-state index contributed by atoms with van der Waals surface area (Å²) in [4.78, 5) is 10.8. The molecule has 1 aromatic rings. The highest BCUT2D eigenvalue weighted by Crippen LogP contribution is 2.22. The molecule has 2 unspecified atom stereocenters. The molecule has 2 atom stereocenters. The average Bonchev–Trinajstić information content (AvgIpc) is 2.37. The van der Waals surface area contributed by atoms with Gasteiger partial charge in [-0.1, -0.05) is 19.1 Å². The van der Waals surface area contributed by atoms with Gasteiger partial charge in [0.25, 0.3) is 0 Å². The highest BCUT2D eigenvalue weighted by molar-refractivity contribution is 5.67. The molecule has 0 bridgehead atoms. The van der Waals surface area contributed by atoms with E-state index in [0.717, 1.165) is 5.75 Å². The van der Waals surface area contributed by atoms with Crippen LogP contribution in [0.15, 0.2) is 24.3 Å². The number of carboxylic acid groups (broad SMARTS) is 1. The van der Waals surface area contributed by atoms with Gasteiger partial charge in [0, 0.05) is 6.04 Å². The van der Waals surface area contributed by atoms with Crippen LogP contribution in [0.25, 0.3) is 0 Å². The maximum atomic E-state index is 10.8. The predicted octanol–water partition coefficient (Wildman–Crippen LogP) is 1.96. The van der Waals surface area contributed by atoms with Crippen LogP contribution in [0.1, 0.15) is 38.9 Å². The molecule has 0 spiro atoms. The number of carbonyl (C=O) groups is 1.